The summed E-state index contributed by atoms with van der Waals surface area (Å²) >= 11 is 5.81. The summed E-state index contributed by atoms with van der Waals surface area (Å²) in [6, 6.07) is 7.37. The van der Waals surface area contributed by atoms with E-state index >= 15 is 0 Å². The fraction of sp³-hybridized carbons (Fsp3) is 0.412. The van der Waals surface area contributed by atoms with Gasteiger partial charge in [-0.05, 0) is 49.2 Å². The minimum atomic E-state index is 0.0559. The van der Waals surface area contributed by atoms with E-state index in [1.165, 1.54) is 0 Å². The van der Waals surface area contributed by atoms with Crippen molar-refractivity contribution in [3.05, 3.63) is 52.7 Å². The number of carbonyl (C=O) groups excluding carboxylic acids is 1. The molecule has 0 saturated carbocycles. The summed E-state index contributed by atoms with van der Waals surface area (Å²) in [5.41, 5.74) is 1.57. The number of hydrogen-bond acceptors (Lipinski definition) is 4. The average molecular weight is 334 g/mol. The number of nitrogens with zero attached hydrogens (tertiary/aromatic N) is 3. The van der Waals surface area contributed by atoms with Gasteiger partial charge in [0.05, 0.1) is 12.1 Å². The Hall–Kier alpha value is -1.85. The Bertz CT molecular complexity index is 669. The number of amides is 1. The molecule has 0 radical (unpaired) electrons. The van der Waals surface area contributed by atoms with Gasteiger partial charge in [0.1, 0.15) is 5.76 Å². The van der Waals surface area contributed by atoms with Crippen LogP contribution in [0.2, 0.25) is 5.22 Å². The van der Waals surface area contributed by atoms with E-state index < -0.39 is 0 Å². The lowest BCUT2D eigenvalue weighted by atomic mass is 10.2. The molecule has 1 aliphatic heterocycles. The zero-order valence-corrected chi connectivity index (χ0v) is 13.9. The fourth-order valence-corrected chi connectivity index (χ4v) is 2.93. The third-order valence-corrected chi connectivity index (χ3v) is 4.25. The first-order valence-electron chi connectivity index (χ1n) is 7.80. The van der Waals surface area contributed by atoms with E-state index in [0.717, 1.165) is 44.1 Å². The van der Waals surface area contributed by atoms with Crippen LogP contribution in [0.25, 0.3) is 0 Å². The average Bonchev–Trinajstić information content (AvgIpc) is 2.81. The van der Waals surface area contributed by atoms with Gasteiger partial charge >= 0.3 is 0 Å². The third-order valence-electron chi connectivity index (χ3n) is 4.04. The van der Waals surface area contributed by atoms with Gasteiger partial charge in [0.25, 0.3) is 5.91 Å². The molecule has 1 saturated heterocycles. The van der Waals surface area contributed by atoms with E-state index in [1.807, 2.05) is 30.0 Å². The topological polar surface area (TPSA) is 49.6 Å². The largest absolute Gasteiger partial charge is 0.448 e. The summed E-state index contributed by atoms with van der Waals surface area (Å²) in [6.07, 6.45) is 2.60. The summed E-state index contributed by atoms with van der Waals surface area (Å²) in [4.78, 5) is 21.0. The molecule has 1 aliphatic rings. The molecule has 6 heteroatoms. The monoisotopic (exact) mass is 333 g/mol. The van der Waals surface area contributed by atoms with E-state index in [4.69, 9.17) is 16.0 Å². The predicted octanol–water partition coefficient (Wildman–Crippen LogP) is 2.98. The number of hydrogen-bond donors (Lipinski definition) is 0. The molecule has 2 aromatic rings. The zero-order chi connectivity index (χ0) is 16.2. The molecular formula is C17H20ClN3O2. The first kappa shape index (κ1) is 16.0. The molecule has 3 heterocycles. The fourth-order valence-electron chi connectivity index (χ4n) is 2.77. The van der Waals surface area contributed by atoms with E-state index in [1.54, 1.807) is 12.3 Å². The molecule has 0 bridgehead atoms. The van der Waals surface area contributed by atoms with E-state index in [2.05, 4.69) is 9.88 Å². The summed E-state index contributed by atoms with van der Waals surface area (Å²) in [5.74, 6) is 0.915. The van der Waals surface area contributed by atoms with Crippen molar-refractivity contribution in [3.8, 4) is 0 Å². The Kier molecular flexibility index (Phi) is 4.98. The highest BCUT2D eigenvalue weighted by Gasteiger charge is 2.21. The number of aromatic nitrogens is 1. The van der Waals surface area contributed by atoms with Crippen LogP contribution in [0.15, 0.2) is 34.9 Å². The van der Waals surface area contributed by atoms with Crippen molar-refractivity contribution in [3.63, 3.8) is 0 Å². The second kappa shape index (κ2) is 7.15. The lowest BCUT2D eigenvalue weighted by Crippen LogP contribution is -2.35. The molecule has 3 rings (SSSR count). The number of pyridine rings is 1. The second-order valence-electron chi connectivity index (χ2n) is 5.82. The van der Waals surface area contributed by atoms with Crippen LogP contribution in [0.3, 0.4) is 0 Å². The number of furan rings is 1. The molecule has 0 aliphatic carbocycles. The summed E-state index contributed by atoms with van der Waals surface area (Å²) in [7, 11) is 0. The van der Waals surface area contributed by atoms with Crippen molar-refractivity contribution in [2.24, 2.45) is 0 Å². The number of halogens is 1. The van der Waals surface area contributed by atoms with Gasteiger partial charge in [-0.1, -0.05) is 0 Å². The number of carbonyl (C=O) groups is 1. The van der Waals surface area contributed by atoms with Gasteiger partial charge < -0.3 is 9.32 Å². The van der Waals surface area contributed by atoms with Gasteiger partial charge in [-0.2, -0.15) is 0 Å². The highest BCUT2D eigenvalue weighted by Crippen LogP contribution is 2.16. The van der Waals surface area contributed by atoms with Crippen molar-refractivity contribution in [1.29, 1.82) is 0 Å². The molecule has 2 aromatic heterocycles. The number of rotatable bonds is 3. The van der Waals surface area contributed by atoms with Gasteiger partial charge in [0.2, 0.25) is 0 Å². The molecule has 0 N–H and O–H groups in total. The van der Waals surface area contributed by atoms with Crippen molar-refractivity contribution >= 4 is 17.5 Å². The molecule has 1 amide bonds. The van der Waals surface area contributed by atoms with Gasteiger partial charge in [0.15, 0.2) is 5.22 Å². The molecular weight excluding hydrogens is 314 g/mol. The molecule has 5 nitrogen and oxygen atoms in total. The second-order valence-corrected chi connectivity index (χ2v) is 6.19. The summed E-state index contributed by atoms with van der Waals surface area (Å²) in [6.45, 7) is 5.88. The van der Waals surface area contributed by atoms with Crippen LogP contribution in [0.4, 0.5) is 0 Å². The predicted molar refractivity (Wildman–Crippen MR) is 88.5 cm³/mol. The molecule has 0 spiro atoms. The van der Waals surface area contributed by atoms with Crippen LogP contribution >= 0.6 is 11.6 Å². The maximum absolute atomic E-state index is 12.6. The summed E-state index contributed by atoms with van der Waals surface area (Å²) in [5, 5.41) is 0.415. The molecule has 1 fully saturated rings. The van der Waals surface area contributed by atoms with Gasteiger partial charge in [-0.25, -0.2) is 0 Å². The van der Waals surface area contributed by atoms with E-state index in [0.29, 0.717) is 17.3 Å². The van der Waals surface area contributed by atoms with Crippen molar-refractivity contribution in [1.82, 2.24) is 14.8 Å². The van der Waals surface area contributed by atoms with Crippen LogP contribution in [0.1, 0.15) is 28.2 Å². The van der Waals surface area contributed by atoms with Gasteiger partial charge in [-0.15, -0.1) is 0 Å². The smallest absolute Gasteiger partial charge is 0.255 e. The molecule has 0 unspecified atom stereocenters. The molecule has 0 atom stereocenters. The minimum absolute atomic E-state index is 0.0559. The quantitative estimate of drug-likeness (QED) is 0.866. The highest BCUT2D eigenvalue weighted by molar-refractivity contribution is 6.28. The number of aryl methyl sites for hydroxylation is 1. The molecule has 0 aromatic carbocycles. The Morgan fingerprint density at radius 3 is 2.78 bits per heavy atom. The van der Waals surface area contributed by atoms with Crippen LogP contribution < -0.4 is 0 Å². The van der Waals surface area contributed by atoms with E-state index in [9.17, 15) is 4.79 Å². The maximum atomic E-state index is 12.6. The Morgan fingerprint density at radius 1 is 1.22 bits per heavy atom. The lowest BCUT2D eigenvalue weighted by molar-refractivity contribution is 0.0760. The Labute approximate surface area is 140 Å². The first-order chi connectivity index (χ1) is 11.1. The molecule has 23 heavy (non-hydrogen) atoms. The highest BCUT2D eigenvalue weighted by atomic mass is 35.5. The molecule has 122 valence electrons. The maximum Gasteiger partial charge on any atom is 0.255 e. The van der Waals surface area contributed by atoms with Crippen LogP contribution in [-0.4, -0.2) is 46.9 Å². The van der Waals surface area contributed by atoms with Crippen LogP contribution in [-0.2, 0) is 6.54 Å². The van der Waals surface area contributed by atoms with Gasteiger partial charge in [0, 0.05) is 38.1 Å². The Morgan fingerprint density at radius 2 is 2.09 bits per heavy atom. The standard InChI is InChI=1S/C17H20ClN3O2/c1-13-3-4-14(11-19-13)17(22)21-8-2-7-20(9-10-21)12-15-5-6-16(18)23-15/h3-6,11H,2,7-10,12H2,1H3. The SMILES string of the molecule is Cc1ccc(C(=O)N2CCCN(Cc3ccc(Cl)o3)CC2)cn1. The van der Waals surface area contributed by atoms with Crippen molar-refractivity contribution in [2.45, 2.75) is 19.9 Å². The van der Waals surface area contributed by atoms with Crippen LogP contribution in [0, 0.1) is 6.92 Å². The third kappa shape index (κ3) is 4.12. The minimum Gasteiger partial charge on any atom is -0.448 e. The first-order valence-corrected chi connectivity index (χ1v) is 8.18. The normalized spacial score (nSPS) is 16.3. The van der Waals surface area contributed by atoms with Crippen molar-refractivity contribution in [2.75, 3.05) is 26.2 Å². The lowest BCUT2D eigenvalue weighted by Gasteiger charge is -2.21. The van der Waals surface area contributed by atoms with Crippen molar-refractivity contribution < 1.29 is 9.21 Å². The summed E-state index contributed by atoms with van der Waals surface area (Å²) < 4.78 is 5.42. The van der Waals surface area contributed by atoms with Crippen LogP contribution in [0.5, 0.6) is 0 Å². The van der Waals surface area contributed by atoms with Gasteiger partial charge in [-0.3, -0.25) is 14.7 Å². The zero-order valence-electron chi connectivity index (χ0n) is 13.2. The van der Waals surface area contributed by atoms with E-state index in [-0.39, 0.29) is 5.91 Å². The Balaban J connectivity index is 1.59.